The van der Waals surface area contributed by atoms with Gasteiger partial charge in [0.25, 0.3) is 5.91 Å². The van der Waals surface area contributed by atoms with Gasteiger partial charge < -0.3 is 10.6 Å². The van der Waals surface area contributed by atoms with Crippen LogP contribution in [0.5, 0.6) is 0 Å². The van der Waals surface area contributed by atoms with Crippen LogP contribution in [0.3, 0.4) is 0 Å². The van der Waals surface area contributed by atoms with Crippen molar-refractivity contribution in [1.82, 2.24) is 4.90 Å². The molecule has 1 aliphatic heterocycles. The van der Waals surface area contributed by atoms with Crippen LogP contribution < -0.4 is 5.73 Å². The first-order valence-corrected chi connectivity index (χ1v) is 6.86. The maximum Gasteiger partial charge on any atom is 0.254 e. The van der Waals surface area contributed by atoms with E-state index < -0.39 is 5.82 Å². The molecule has 5 heteroatoms. The second kappa shape index (κ2) is 5.88. The molecule has 3 nitrogen and oxygen atoms in total. The van der Waals surface area contributed by atoms with Gasteiger partial charge in [0.05, 0.1) is 5.02 Å². The largest absolute Gasteiger partial charge is 0.334 e. The lowest BCUT2D eigenvalue weighted by Gasteiger charge is -2.38. The zero-order valence-electron chi connectivity index (χ0n) is 10.9. The lowest BCUT2D eigenvalue weighted by molar-refractivity contribution is 0.0573. The van der Waals surface area contributed by atoms with Crippen LogP contribution in [0.4, 0.5) is 4.39 Å². The van der Waals surface area contributed by atoms with Crippen molar-refractivity contribution in [1.29, 1.82) is 0 Å². The Morgan fingerprint density at radius 1 is 1.58 bits per heavy atom. The normalized spacial score (nSPS) is 23.5. The molecule has 104 valence electrons. The number of halogens is 2. The number of nitrogens with zero attached hydrogens (tertiary/aromatic N) is 1. The highest BCUT2D eigenvalue weighted by Gasteiger charge is 2.29. The fourth-order valence-electron chi connectivity index (χ4n) is 2.54. The van der Waals surface area contributed by atoms with Crippen LogP contribution >= 0.6 is 11.6 Å². The number of benzene rings is 1. The summed E-state index contributed by atoms with van der Waals surface area (Å²) in [6.07, 6.45) is 1.86. The van der Waals surface area contributed by atoms with Crippen molar-refractivity contribution in [3.05, 3.63) is 34.6 Å². The van der Waals surface area contributed by atoms with Crippen molar-refractivity contribution in [2.45, 2.75) is 25.8 Å². The van der Waals surface area contributed by atoms with Gasteiger partial charge in [-0.15, -0.1) is 0 Å². The highest BCUT2D eigenvalue weighted by Crippen LogP contribution is 2.24. The zero-order valence-corrected chi connectivity index (χ0v) is 11.7. The summed E-state index contributed by atoms with van der Waals surface area (Å²) in [6.45, 7) is 3.27. The molecule has 19 heavy (non-hydrogen) atoms. The number of carbonyl (C=O) groups excluding carboxylic acids is 1. The van der Waals surface area contributed by atoms with Gasteiger partial charge in [-0.05, 0) is 37.0 Å². The Bertz CT molecular complexity index is 481. The van der Waals surface area contributed by atoms with Gasteiger partial charge >= 0.3 is 0 Å². The van der Waals surface area contributed by atoms with Gasteiger partial charge in [-0.25, -0.2) is 4.39 Å². The molecular weight excluding hydrogens is 267 g/mol. The Hall–Kier alpha value is -1.13. The fraction of sp³-hybridized carbons (Fsp3) is 0.500. The molecule has 0 aromatic heterocycles. The molecule has 0 spiro atoms. The molecule has 1 fully saturated rings. The van der Waals surface area contributed by atoms with Crippen molar-refractivity contribution >= 4 is 17.5 Å². The summed E-state index contributed by atoms with van der Waals surface area (Å²) in [6, 6.07) is 4.19. The molecule has 1 heterocycles. The molecule has 2 N–H and O–H groups in total. The van der Waals surface area contributed by atoms with E-state index in [1.807, 2.05) is 0 Å². The third-order valence-electron chi connectivity index (χ3n) is 3.68. The fourth-order valence-corrected chi connectivity index (χ4v) is 2.65. The molecule has 0 bridgehead atoms. The third kappa shape index (κ3) is 3.07. The predicted molar refractivity (Wildman–Crippen MR) is 73.7 cm³/mol. The van der Waals surface area contributed by atoms with Gasteiger partial charge in [-0.2, -0.15) is 0 Å². The molecule has 1 aromatic carbocycles. The molecule has 1 aliphatic rings. The average molecular weight is 285 g/mol. The molecule has 1 aromatic rings. The first-order chi connectivity index (χ1) is 9.02. The molecule has 1 saturated heterocycles. The maximum atomic E-state index is 13.4. The van der Waals surface area contributed by atoms with Gasteiger partial charge in [0.2, 0.25) is 0 Å². The number of amides is 1. The van der Waals surface area contributed by atoms with E-state index in [4.69, 9.17) is 17.3 Å². The summed E-state index contributed by atoms with van der Waals surface area (Å²) < 4.78 is 13.4. The summed E-state index contributed by atoms with van der Waals surface area (Å²) in [5.41, 5.74) is 6.07. The van der Waals surface area contributed by atoms with Gasteiger partial charge in [0.15, 0.2) is 0 Å². The van der Waals surface area contributed by atoms with Crippen molar-refractivity contribution in [2.75, 3.05) is 13.1 Å². The number of carbonyl (C=O) groups is 1. The van der Waals surface area contributed by atoms with E-state index in [9.17, 15) is 9.18 Å². The Kier molecular flexibility index (Phi) is 4.42. The standard InChI is InChI=1S/C14H18ClFN2O/c1-9-4-5-18(11(6-9)8-17)14(19)10-2-3-12(15)13(16)7-10/h2-3,7,9,11H,4-6,8,17H2,1H3. The lowest BCUT2D eigenvalue weighted by atomic mass is 9.92. The molecule has 2 atom stereocenters. The monoisotopic (exact) mass is 284 g/mol. The van der Waals surface area contributed by atoms with Crippen molar-refractivity contribution in [3.8, 4) is 0 Å². The number of hydrogen-bond acceptors (Lipinski definition) is 2. The van der Waals surface area contributed by atoms with Crippen LogP contribution in [-0.2, 0) is 0 Å². The van der Waals surface area contributed by atoms with E-state index in [2.05, 4.69) is 6.92 Å². The predicted octanol–water partition coefficient (Wildman–Crippen LogP) is 2.68. The molecule has 2 unspecified atom stereocenters. The Morgan fingerprint density at radius 3 is 2.95 bits per heavy atom. The Morgan fingerprint density at radius 2 is 2.32 bits per heavy atom. The van der Waals surface area contributed by atoms with Gasteiger partial charge in [0, 0.05) is 24.7 Å². The lowest BCUT2D eigenvalue weighted by Crippen LogP contribution is -2.49. The summed E-state index contributed by atoms with van der Waals surface area (Å²) in [4.78, 5) is 14.2. The SMILES string of the molecule is CC1CCN(C(=O)c2ccc(Cl)c(F)c2)C(CN)C1. The van der Waals surface area contributed by atoms with Gasteiger partial charge in [-0.3, -0.25) is 4.79 Å². The Labute approximate surface area is 117 Å². The summed E-state index contributed by atoms with van der Waals surface area (Å²) >= 11 is 5.63. The maximum absolute atomic E-state index is 13.4. The minimum absolute atomic E-state index is 0.0270. The van der Waals surface area contributed by atoms with E-state index in [1.165, 1.54) is 12.1 Å². The van der Waals surface area contributed by atoms with Gasteiger partial charge in [-0.1, -0.05) is 18.5 Å². The summed E-state index contributed by atoms with van der Waals surface area (Å²) in [5, 5.41) is 0.0270. The molecule has 1 amide bonds. The summed E-state index contributed by atoms with van der Waals surface area (Å²) in [5.74, 6) is -0.167. The van der Waals surface area contributed by atoms with E-state index in [0.717, 1.165) is 12.8 Å². The highest BCUT2D eigenvalue weighted by atomic mass is 35.5. The molecule has 0 saturated carbocycles. The first kappa shape index (κ1) is 14.3. The van der Waals surface area contributed by atoms with E-state index in [1.54, 1.807) is 11.0 Å². The van der Waals surface area contributed by atoms with Crippen LogP contribution in [0.25, 0.3) is 0 Å². The molecule has 0 aliphatic carbocycles. The van der Waals surface area contributed by atoms with Crippen LogP contribution in [-0.4, -0.2) is 29.9 Å². The van der Waals surface area contributed by atoms with Crippen molar-refractivity contribution in [3.63, 3.8) is 0 Å². The average Bonchev–Trinajstić information content (AvgIpc) is 2.41. The minimum atomic E-state index is -0.567. The smallest absolute Gasteiger partial charge is 0.254 e. The van der Waals surface area contributed by atoms with E-state index in [0.29, 0.717) is 24.6 Å². The van der Waals surface area contributed by atoms with Crippen LogP contribution in [0.2, 0.25) is 5.02 Å². The van der Waals surface area contributed by atoms with E-state index >= 15 is 0 Å². The topological polar surface area (TPSA) is 46.3 Å². The number of likely N-dealkylation sites (tertiary alicyclic amines) is 1. The second-order valence-corrected chi connectivity index (χ2v) is 5.55. The van der Waals surface area contributed by atoms with Crippen molar-refractivity contribution in [2.24, 2.45) is 11.7 Å². The number of hydrogen-bond donors (Lipinski definition) is 1. The highest BCUT2D eigenvalue weighted by molar-refractivity contribution is 6.30. The van der Waals surface area contributed by atoms with Crippen LogP contribution in [0.15, 0.2) is 18.2 Å². The third-order valence-corrected chi connectivity index (χ3v) is 3.98. The number of piperidine rings is 1. The first-order valence-electron chi connectivity index (χ1n) is 6.49. The minimum Gasteiger partial charge on any atom is -0.334 e. The molecular formula is C14H18ClFN2O. The van der Waals surface area contributed by atoms with Crippen molar-refractivity contribution < 1.29 is 9.18 Å². The van der Waals surface area contributed by atoms with E-state index in [-0.39, 0.29) is 17.0 Å². The molecule has 2 rings (SSSR count). The summed E-state index contributed by atoms with van der Waals surface area (Å²) in [7, 11) is 0. The number of rotatable bonds is 2. The quantitative estimate of drug-likeness (QED) is 0.907. The Balaban J connectivity index is 2.20. The van der Waals surface area contributed by atoms with Crippen LogP contribution in [0, 0.1) is 11.7 Å². The van der Waals surface area contributed by atoms with Crippen LogP contribution in [0.1, 0.15) is 30.1 Å². The molecule has 0 radical (unpaired) electrons. The second-order valence-electron chi connectivity index (χ2n) is 5.15. The van der Waals surface area contributed by atoms with Gasteiger partial charge in [0.1, 0.15) is 5.82 Å². The number of nitrogens with two attached hydrogens (primary N) is 1. The zero-order chi connectivity index (χ0) is 14.0.